The lowest BCUT2D eigenvalue weighted by Crippen LogP contribution is -2.25. The summed E-state index contributed by atoms with van der Waals surface area (Å²) in [6, 6.07) is 12.7. The Morgan fingerprint density at radius 1 is 1.11 bits per heavy atom. The van der Waals surface area contributed by atoms with Crippen LogP contribution in [0.4, 0.5) is 11.4 Å². The number of aliphatic carboxylic acids is 1. The maximum absolute atomic E-state index is 11.0. The van der Waals surface area contributed by atoms with Crippen LogP contribution < -0.4 is 4.90 Å². The molecule has 0 aliphatic carbocycles. The lowest BCUT2D eigenvalue weighted by atomic mass is 10.2. The molecule has 0 radical (unpaired) electrons. The van der Waals surface area contributed by atoms with Crippen LogP contribution in [0.2, 0.25) is 0 Å². The zero-order chi connectivity index (χ0) is 13.8. The average molecular weight is 292 g/mol. The number of aromatic nitrogens is 1. The Morgan fingerprint density at radius 2 is 1.68 bits per heavy atom. The van der Waals surface area contributed by atoms with Crippen molar-refractivity contribution in [3.05, 3.63) is 42.5 Å². The molecule has 0 saturated heterocycles. The van der Waals surface area contributed by atoms with Crippen LogP contribution in [0.1, 0.15) is 0 Å². The minimum Gasteiger partial charge on any atom is -0.480 e. The normalized spacial score (nSPS) is 10.2. The standard InChI is InChI=1S/C13H12N2O2S2/c16-13(17)8-15(9-4-2-1-3-5-9)10-6-11(18)14-12(19)7-10/h1-7H,8H2,(H,16,17)(H2,14,18,19). The summed E-state index contributed by atoms with van der Waals surface area (Å²) in [5.74, 6) is -0.915. The van der Waals surface area contributed by atoms with E-state index in [1.54, 1.807) is 17.0 Å². The van der Waals surface area contributed by atoms with E-state index in [4.69, 9.17) is 5.11 Å². The number of para-hydroxylation sites is 1. The maximum atomic E-state index is 11.0. The molecule has 19 heavy (non-hydrogen) atoms. The van der Waals surface area contributed by atoms with Gasteiger partial charge in [-0.1, -0.05) is 18.2 Å². The third-order valence-electron chi connectivity index (χ3n) is 2.46. The number of pyridine rings is 1. The highest BCUT2D eigenvalue weighted by atomic mass is 32.1. The van der Waals surface area contributed by atoms with Gasteiger partial charge >= 0.3 is 5.97 Å². The molecule has 1 heterocycles. The number of benzene rings is 1. The van der Waals surface area contributed by atoms with E-state index in [9.17, 15) is 4.79 Å². The fraction of sp³-hybridized carbons (Fsp3) is 0.0769. The molecular formula is C13H12N2O2S2. The minimum atomic E-state index is -0.915. The lowest BCUT2D eigenvalue weighted by Gasteiger charge is -2.23. The predicted molar refractivity (Wildman–Crippen MR) is 79.8 cm³/mol. The van der Waals surface area contributed by atoms with Gasteiger partial charge in [0.25, 0.3) is 0 Å². The molecule has 0 spiro atoms. The fourth-order valence-electron chi connectivity index (χ4n) is 1.72. The van der Waals surface area contributed by atoms with E-state index in [0.717, 1.165) is 5.69 Å². The van der Waals surface area contributed by atoms with Gasteiger partial charge in [-0.2, -0.15) is 0 Å². The zero-order valence-corrected chi connectivity index (χ0v) is 11.7. The van der Waals surface area contributed by atoms with Crippen LogP contribution in [-0.4, -0.2) is 22.6 Å². The molecule has 0 aliphatic rings. The molecule has 0 amide bonds. The molecule has 0 saturated carbocycles. The van der Waals surface area contributed by atoms with Crippen LogP contribution >= 0.6 is 25.3 Å². The van der Waals surface area contributed by atoms with E-state index in [2.05, 4.69) is 30.2 Å². The van der Waals surface area contributed by atoms with E-state index in [0.29, 0.717) is 15.7 Å². The van der Waals surface area contributed by atoms with Crippen molar-refractivity contribution in [2.75, 3.05) is 11.4 Å². The van der Waals surface area contributed by atoms with Gasteiger partial charge in [0.1, 0.15) is 6.54 Å². The molecule has 2 aromatic rings. The number of thiol groups is 2. The number of carbonyl (C=O) groups is 1. The first-order chi connectivity index (χ1) is 9.06. The molecule has 1 aromatic carbocycles. The van der Waals surface area contributed by atoms with Gasteiger partial charge in [-0.05, 0) is 24.3 Å². The molecular weight excluding hydrogens is 280 g/mol. The van der Waals surface area contributed by atoms with Crippen LogP contribution in [-0.2, 0) is 4.79 Å². The molecule has 4 nitrogen and oxygen atoms in total. The molecule has 1 aromatic heterocycles. The molecule has 2 rings (SSSR count). The quantitative estimate of drug-likeness (QED) is 0.759. The van der Waals surface area contributed by atoms with E-state index < -0.39 is 5.97 Å². The number of hydrogen-bond acceptors (Lipinski definition) is 5. The molecule has 0 unspecified atom stereocenters. The third-order valence-corrected chi connectivity index (χ3v) is 2.91. The topological polar surface area (TPSA) is 53.4 Å². The number of carboxylic acid groups (broad SMARTS) is 1. The van der Waals surface area contributed by atoms with E-state index in [1.165, 1.54) is 0 Å². The van der Waals surface area contributed by atoms with Crippen molar-refractivity contribution in [2.24, 2.45) is 0 Å². The molecule has 0 aliphatic heterocycles. The summed E-state index contributed by atoms with van der Waals surface area (Å²) in [4.78, 5) is 16.7. The summed E-state index contributed by atoms with van der Waals surface area (Å²) in [5.41, 5.74) is 1.48. The van der Waals surface area contributed by atoms with Crippen molar-refractivity contribution in [1.29, 1.82) is 0 Å². The Labute approximate surface area is 121 Å². The minimum absolute atomic E-state index is 0.144. The number of carboxylic acids is 1. The molecule has 98 valence electrons. The van der Waals surface area contributed by atoms with Crippen molar-refractivity contribution < 1.29 is 9.90 Å². The molecule has 0 fully saturated rings. The second-order valence-corrected chi connectivity index (χ2v) is 4.77. The fourth-order valence-corrected chi connectivity index (χ4v) is 2.28. The zero-order valence-electron chi connectivity index (χ0n) is 9.89. The highest BCUT2D eigenvalue weighted by Crippen LogP contribution is 2.27. The average Bonchev–Trinajstić information content (AvgIpc) is 2.35. The summed E-state index contributed by atoms with van der Waals surface area (Å²) < 4.78 is 0. The highest BCUT2D eigenvalue weighted by molar-refractivity contribution is 7.80. The van der Waals surface area contributed by atoms with Gasteiger partial charge in [0, 0.05) is 11.4 Å². The number of hydrogen-bond donors (Lipinski definition) is 3. The summed E-state index contributed by atoms with van der Waals surface area (Å²) in [7, 11) is 0. The first-order valence-electron chi connectivity index (χ1n) is 5.50. The van der Waals surface area contributed by atoms with Gasteiger partial charge in [0.05, 0.1) is 10.1 Å². The monoisotopic (exact) mass is 292 g/mol. The van der Waals surface area contributed by atoms with Gasteiger partial charge in [-0.25, -0.2) is 4.98 Å². The highest BCUT2D eigenvalue weighted by Gasteiger charge is 2.14. The second-order valence-electron chi connectivity index (χ2n) is 3.86. The Bertz CT molecular complexity index is 570. The van der Waals surface area contributed by atoms with Crippen LogP contribution in [0.25, 0.3) is 0 Å². The van der Waals surface area contributed by atoms with Gasteiger partial charge in [-0.15, -0.1) is 25.3 Å². The number of anilines is 2. The predicted octanol–water partition coefficient (Wildman–Crippen LogP) is 2.88. The van der Waals surface area contributed by atoms with Gasteiger partial charge < -0.3 is 10.0 Å². The Hall–Kier alpha value is -1.66. The van der Waals surface area contributed by atoms with Crippen molar-refractivity contribution in [2.45, 2.75) is 10.1 Å². The van der Waals surface area contributed by atoms with Crippen molar-refractivity contribution >= 4 is 42.6 Å². The first kappa shape index (κ1) is 13.8. The van der Waals surface area contributed by atoms with Crippen molar-refractivity contribution in [1.82, 2.24) is 4.98 Å². The van der Waals surface area contributed by atoms with Gasteiger partial charge in [0.2, 0.25) is 0 Å². The molecule has 0 bridgehead atoms. The molecule has 1 N–H and O–H groups in total. The largest absolute Gasteiger partial charge is 0.480 e. The Morgan fingerprint density at radius 3 is 2.21 bits per heavy atom. The van der Waals surface area contributed by atoms with E-state index in [1.807, 2.05) is 30.3 Å². The lowest BCUT2D eigenvalue weighted by molar-refractivity contribution is -0.135. The number of rotatable bonds is 4. The van der Waals surface area contributed by atoms with Crippen LogP contribution in [0.15, 0.2) is 52.5 Å². The number of nitrogens with zero attached hydrogens (tertiary/aromatic N) is 2. The second kappa shape index (κ2) is 5.99. The smallest absolute Gasteiger partial charge is 0.323 e. The van der Waals surface area contributed by atoms with Gasteiger partial charge in [0.15, 0.2) is 0 Å². The summed E-state index contributed by atoms with van der Waals surface area (Å²) in [5, 5.41) is 10.0. The van der Waals surface area contributed by atoms with Crippen LogP contribution in [0, 0.1) is 0 Å². The van der Waals surface area contributed by atoms with Crippen LogP contribution in [0.3, 0.4) is 0 Å². The van der Waals surface area contributed by atoms with Crippen molar-refractivity contribution in [3.8, 4) is 0 Å². The van der Waals surface area contributed by atoms with E-state index in [-0.39, 0.29) is 6.54 Å². The maximum Gasteiger partial charge on any atom is 0.323 e. The summed E-state index contributed by atoms with van der Waals surface area (Å²) in [6.45, 7) is -0.144. The van der Waals surface area contributed by atoms with Crippen LogP contribution in [0.5, 0.6) is 0 Å². The molecule has 0 atom stereocenters. The Balaban J connectivity index is 2.45. The first-order valence-corrected chi connectivity index (χ1v) is 6.40. The SMILES string of the molecule is O=C(O)CN(c1ccccc1)c1cc(S)nc(S)c1. The summed E-state index contributed by atoms with van der Waals surface area (Å²) >= 11 is 8.37. The van der Waals surface area contributed by atoms with E-state index >= 15 is 0 Å². The van der Waals surface area contributed by atoms with Gasteiger partial charge in [-0.3, -0.25) is 4.79 Å². The molecule has 6 heteroatoms. The van der Waals surface area contributed by atoms with Crippen molar-refractivity contribution in [3.63, 3.8) is 0 Å². The Kier molecular flexibility index (Phi) is 4.34. The summed E-state index contributed by atoms with van der Waals surface area (Å²) in [6.07, 6.45) is 0. The third kappa shape index (κ3) is 3.65.